The first kappa shape index (κ1) is 11.9. The molecule has 0 fully saturated rings. The third kappa shape index (κ3) is 4.03. The van der Waals surface area contributed by atoms with Gasteiger partial charge in [-0.1, -0.05) is 0 Å². The highest BCUT2D eigenvalue weighted by Gasteiger charge is 2.02. The van der Waals surface area contributed by atoms with Crippen LogP contribution < -0.4 is 5.32 Å². The fraction of sp³-hybridized carbons (Fsp3) is 0.500. The van der Waals surface area contributed by atoms with Gasteiger partial charge in [-0.3, -0.25) is 4.68 Å². The van der Waals surface area contributed by atoms with Crippen molar-refractivity contribution >= 4 is 0 Å². The monoisotopic (exact) mass is 233 g/mol. The molecule has 0 aromatic carbocycles. The first-order valence-corrected chi connectivity index (χ1v) is 6.03. The maximum atomic E-state index is 4.19. The molecule has 92 valence electrons. The molecule has 0 unspecified atom stereocenters. The molecule has 0 aliphatic rings. The molecule has 17 heavy (non-hydrogen) atoms. The van der Waals surface area contributed by atoms with Gasteiger partial charge in [-0.05, 0) is 19.4 Å². The van der Waals surface area contributed by atoms with Crippen LogP contribution in [-0.4, -0.2) is 32.3 Å². The molecular weight excluding hydrogens is 214 g/mol. The van der Waals surface area contributed by atoms with Crippen LogP contribution in [0, 0.1) is 0 Å². The lowest BCUT2D eigenvalue weighted by molar-refractivity contribution is 0.459. The number of imidazole rings is 1. The molecule has 5 heteroatoms. The summed E-state index contributed by atoms with van der Waals surface area (Å²) < 4.78 is 1.96. The van der Waals surface area contributed by atoms with Gasteiger partial charge in [0.25, 0.3) is 0 Å². The normalized spacial score (nSPS) is 12.8. The molecule has 0 amide bonds. The maximum Gasteiger partial charge on any atom is 0.107 e. The molecular formula is C12H19N5. The first-order chi connectivity index (χ1) is 8.34. The summed E-state index contributed by atoms with van der Waals surface area (Å²) in [5, 5.41) is 7.67. The van der Waals surface area contributed by atoms with Gasteiger partial charge in [0.2, 0.25) is 0 Å². The number of nitrogens with zero attached hydrogens (tertiary/aromatic N) is 3. The molecule has 0 spiro atoms. The minimum absolute atomic E-state index is 0.495. The summed E-state index contributed by atoms with van der Waals surface area (Å²) >= 11 is 0. The summed E-state index contributed by atoms with van der Waals surface area (Å²) in [7, 11) is 0. The molecule has 2 rings (SSSR count). The topological polar surface area (TPSA) is 58.5 Å². The Morgan fingerprint density at radius 2 is 2.41 bits per heavy atom. The van der Waals surface area contributed by atoms with E-state index in [1.807, 2.05) is 29.3 Å². The Balaban J connectivity index is 1.59. The lowest BCUT2D eigenvalue weighted by atomic mass is 10.2. The van der Waals surface area contributed by atoms with E-state index in [1.165, 1.54) is 0 Å². The highest BCUT2D eigenvalue weighted by Crippen LogP contribution is 1.96. The minimum Gasteiger partial charge on any atom is -0.349 e. The highest BCUT2D eigenvalue weighted by molar-refractivity contribution is 4.87. The van der Waals surface area contributed by atoms with E-state index in [0.717, 1.165) is 31.8 Å². The summed E-state index contributed by atoms with van der Waals surface area (Å²) in [6.07, 6.45) is 9.48. The number of H-pyrrole nitrogens is 1. The van der Waals surface area contributed by atoms with Crippen molar-refractivity contribution in [3.05, 3.63) is 36.7 Å². The van der Waals surface area contributed by atoms with E-state index in [2.05, 4.69) is 27.3 Å². The van der Waals surface area contributed by atoms with Crippen molar-refractivity contribution in [2.24, 2.45) is 0 Å². The van der Waals surface area contributed by atoms with E-state index in [4.69, 9.17) is 0 Å². The van der Waals surface area contributed by atoms with Gasteiger partial charge in [0.15, 0.2) is 0 Å². The molecule has 0 radical (unpaired) electrons. The van der Waals surface area contributed by atoms with Crippen LogP contribution in [0.3, 0.4) is 0 Å². The Morgan fingerprint density at radius 1 is 1.47 bits per heavy atom. The molecule has 1 atom stereocenters. The van der Waals surface area contributed by atoms with Crippen molar-refractivity contribution in [3.8, 4) is 0 Å². The molecule has 0 saturated carbocycles. The quantitative estimate of drug-likeness (QED) is 0.756. The Hall–Kier alpha value is -1.62. The van der Waals surface area contributed by atoms with Crippen molar-refractivity contribution in [2.75, 3.05) is 6.54 Å². The van der Waals surface area contributed by atoms with Crippen molar-refractivity contribution in [1.82, 2.24) is 25.1 Å². The second-order valence-corrected chi connectivity index (χ2v) is 4.20. The molecule has 5 nitrogen and oxygen atoms in total. The zero-order valence-electron chi connectivity index (χ0n) is 10.1. The third-order valence-corrected chi connectivity index (χ3v) is 2.76. The van der Waals surface area contributed by atoms with Gasteiger partial charge in [0, 0.05) is 50.3 Å². The average Bonchev–Trinajstić information content (AvgIpc) is 2.99. The van der Waals surface area contributed by atoms with Crippen LogP contribution in [0.25, 0.3) is 0 Å². The van der Waals surface area contributed by atoms with Gasteiger partial charge >= 0.3 is 0 Å². The standard InChI is InChI=1S/C12H19N5/c1-11(4-10-17-9-2-5-16-17)13-6-3-12-14-7-8-15-12/h2,5,7-9,11,13H,3-4,6,10H2,1H3,(H,14,15)/t11-/m1/s1. The smallest absolute Gasteiger partial charge is 0.107 e. The van der Waals surface area contributed by atoms with Gasteiger partial charge < -0.3 is 10.3 Å². The van der Waals surface area contributed by atoms with Crippen molar-refractivity contribution < 1.29 is 0 Å². The Bertz CT molecular complexity index is 392. The molecule has 0 aliphatic carbocycles. The van der Waals surface area contributed by atoms with Crippen LogP contribution in [0.1, 0.15) is 19.2 Å². The predicted molar refractivity (Wildman–Crippen MR) is 66.6 cm³/mol. The van der Waals surface area contributed by atoms with Gasteiger partial charge in [0.05, 0.1) is 0 Å². The number of aromatic nitrogens is 4. The van der Waals surface area contributed by atoms with Crippen molar-refractivity contribution in [2.45, 2.75) is 32.4 Å². The van der Waals surface area contributed by atoms with E-state index in [1.54, 1.807) is 6.20 Å². The zero-order valence-corrected chi connectivity index (χ0v) is 10.1. The molecule has 2 aromatic heterocycles. The largest absolute Gasteiger partial charge is 0.349 e. The van der Waals surface area contributed by atoms with Crippen LogP contribution in [-0.2, 0) is 13.0 Å². The van der Waals surface area contributed by atoms with Crippen LogP contribution in [0.4, 0.5) is 0 Å². The van der Waals surface area contributed by atoms with Crippen LogP contribution in [0.15, 0.2) is 30.9 Å². The zero-order chi connectivity index (χ0) is 11.9. The van der Waals surface area contributed by atoms with E-state index in [0.29, 0.717) is 6.04 Å². The number of aryl methyl sites for hydroxylation is 1. The predicted octanol–water partition coefficient (Wildman–Crippen LogP) is 1.22. The van der Waals surface area contributed by atoms with E-state index >= 15 is 0 Å². The molecule has 2 N–H and O–H groups in total. The highest BCUT2D eigenvalue weighted by atomic mass is 15.3. The van der Waals surface area contributed by atoms with Gasteiger partial charge in [-0.2, -0.15) is 5.10 Å². The summed E-state index contributed by atoms with van der Waals surface area (Å²) in [4.78, 5) is 7.29. The first-order valence-electron chi connectivity index (χ1n) is 6.03. The maximum absolute atomic E-state index is 4.19. The molecule has 0 saturated heterocycles. The number of nitrogens with one attached hydrogen (secondary N) is 2. The summed E-state index contributed by atoms with van der Waals surface area (Å²) in [5.41, 5.74) is 0. The Morgan fingerprint density at radius 3 is 3.12 bits per heavy atom. The second kappa shape index (κ2) is 6.20. The van der Waals surface area contributed by atoms with Gasteiger partial charge in [-0.15, -0.1) is 0 Å². The Labute approximate surface area is 101 Å². The minimum atomic E-state index is 0.495. The van der Waals surface area contributed by atoms with E-state index in [9.17, 15) is 0 Å². The molecule has 2 heterocycles. The van der Waals surface area contributed by atoms with E-state index < -0.39 is 0 Å². The fourth-order valence-electron chi connectivity index (χ4n) is 1.73. The number of hydrogen-bond acceptors (Lipinski definition) is 3. The molecule has 2 aromatic rings. The average molecular weight is 233 g/mol. The number of aromatic amines is 1. The SMILES string of the molecule is C[C@H](CCn1cccn1)NCCc1ncc[nH]1. The number of hydrogen-bond donors (Lipinski definition) is 2. The van der Waals surface area contributed by atoms with Crippen LogP contribution in [0.5, 0.6) is 0 Å². The lowest BCUT2D eigenvalue weighted by Crippen LogP contribution is -2.29. The summed E-state index contributed by atoms with van der Waals surface area (Å²) in [6, 6.07) is 2.45. The van der Waals surface area contributed by atoms with Crippen LogP contribution >= 0.6 is 0 Å². The lowest BCUT2D eigenvalue weighted by Gasteiger charge is -2.13. The van der Waals surface area contributed by atoms with Crippen LogP contribution in [0.2, 0.25) is 0 Å². The summed E-state index contributed by atoms with van der Waals surface area (Å²) in [5.74, 6) is 1.04. The number of rotatable bonds is 7. The van der Waals surface area contributed by atoms with E-state index in [-0.39, 0.29) is 0 Å². The molecule has 0 aliphatic heterocycles. The second-order valence-electron chi connectivity index (χ2n) is 4.20. The third-order valence-electron chi connectivity index (χ3n) is 2.76. The summed E-state index contributed by atoms with van der Waals surface area (Å²) in [6.45, 7) is 4.11. The Kier molecular flexibility index (Phi) is 4.32. The van der Waals surface area contributed by atoms with Crippen molar-refractivity contribution in [3.63, 3.8) is 0 Å². The van der Waals surface area contributed by atoms with Gasteiger partial charge in [-0.25, -0.2) is 4.98 Å². The van der Waals surface area contributed by atoms with Crippen molar-refractivity contribution in [1.29, 1.82) is 0 Å². The molecule has 0 bridgehead atoms. The van der Waals surface area contributed by atoms with Gasteiger partial charge in [0.1, 0.15) is 5.82 Å². The fourth-order valence-corrected chi connectivity index (χ4v) is 1.73.